The van der Waals surface area contributed by atoms with Crippen LogP contribution >= 0.6 is 11.6 Å². The van der Waals surface area contributed by atoms with Crippen LogP contribution in [-0.2, 0) is 37.6 Å². The molecule has 0 aliphatic carbocycles. The Balaban J connectivity index is 0.000000183. The molecule has 0 fully saturated rings. The standard InChI is InChI=1S/C26H22ClNO4.C25H23NO2/c1-18(29)15-32-26-20(7-4-10-24(26)27)16-30-22-8-5-9-23(14-22)31-17-21-13-12-19-6-2-3-11-25(19)28-21;1-2-19-7-5-8-20(15-19)17-27-23-10-6-11-24(16-23)28-18-22-14-13-21-9-3-4-12-25(21)26-22/h2-14H,15-17H2,1H3;3-16H,2,17-18H2,1H3. The lowest BCUT2D eigenvalue weighted by Crippen LogP contribution is -2.09. The van der Waals surface area contributed by atoms with E-state index < -0.39 is 0 Å². The summed E-state index contributed by atoms with van der Waals surface area (Å²) in [6.07, 6.45) is 1.03. The van der Waals surface area contributed by atoms with Gasteiger partial charge in [-0.1, -0.05) is 116 Å². The molecule has 0 N–H and O–H groups in total. The first-order valence-electron chi connectivity index (χ1n) is 19.8. The molecule has 2 heterocycles. The number of hydrogen-bond acceptors (Lipinski definition) is 8. The first-order chi connectivity index (χ1) is 29.4. The van der Waals surface area contributed by atoms with E-state index in [2.05, 4.69) is 53.3 Å². The second-order valence-electron chi connectivity index (χ2n) is 14.0. The maximum Gasteiger partial charge on any atom is 0.167 e. The van der Waals surface area contributed by atoms with Crippen molar-refractivity contribution in [3.05, 3.63) is 197 Å². The Morgan fingerprint density at radius 1 is 0.500 bits per heavy atom. The molecule has 0 spiro atoms. The van der Waals surface area contributed by atoms with Crippen LogP contribution in [0.2, 0.25) is 5.02 Å². The number of carbonyl (C=O) groups excluding carboxylic acids is 1. The zero-order valence-electron chi connectivity index (χ0n) is 33.6. The van der Waals surface area contributed by atoms with Crippen LogP contribution in [0.25, 0.3) is 21.8 Å². The number of halogens is 1. The van der Waals surface area contributed by atoms with Gasteiger partial charge >= 0.3 is 0 Å². The Morgan fingerprint density at radius 3 is 1.57 bits per heavy atom. The third-order valence-electron chi connectivity index (χ3n) is 9.36. The molecule has 8 aromatic rings. The Morgan fingerprint density at radius 2 is 1.00 bits per heavy atom. The molecule has 9 heteroatoms. The predicted octanol–water partition coefficient (Wildman–Crippen LogP) is 12.0. The maximum atomic E-state index is 11.3. The number of carbonyl (C=O) groups is 1. The van der Waals surface area contributed by atoms with E-state index in [1.165, 1.54) is 18.1 Å². The Bertz CT molecular complexity index is 2680. The van der Waals surface area contributed by atoms with E-state index in [0.29, 0.717) is 42.1 Å². The number of aromatic nitrogens is 2. The summed E-state index contributed by atoms with van der Waals surface area (Å²) in [7, 11) is 0. The lowest BCUT2D eigenvalue weighted by molar-refractivity contribution is -0.118. The van der Waals surface area contributed by atoms with E-state index in [-0.39, 0.29) is 19.0 Å². The van der Waals surface area contributed by atoms with Crippen molar-refractivity contribution in [2.75, 3.05) is 6.61 Å². The fourth-order valence-electron chi connectivity index (χ4n) is 6.27. The summed E-state index contributed by atoms with van der Waals surface area (Å²) in [6, 6.07) is 53.2. The Labute approximate surface area is 355 Å². The Hall–Kier alpha value is -6.90. The predicted molar refractivity (Wildman–Crippen MR) is 237 cm³/mol. The number of pyridine rings is 2. The molecule has 2 aromatic heterocycles. The molecule has 8 nitrogen and oxygen atoms in total. The third-order valence-corrected chi connectivity index (χ3v) is 9.66. The number of aryl methyl sites for hydroxylation is 1. The number of benzene rings is 6. The van der Waals surface area contributed by atoms with Gasteiger partial charge in [-0.25, -0.2) is 9.97 Å². The van der Waals surface area contributed by atoms with E-state index in [1.54, 1.807) is 6.07 Å². The van der Waals surface area contributed by atoms with Crippen molar-refractivity contribution < 1.29 is 28.5 Å². The molecular formula is C51H45ClN2O6. The normalized spacial score (nSPS) is 10.7. The van der Waals surface area contributed by atoms with E-state index in [1.807, 2.05) is 121 Å². The zero-order chi connectivity index (χ0) is 41.5. The second-order valence-corrected chi connectivity index (χ2v) is 14.4. The number of rotatable bonds is 16. The summed E-state index contributed by atoms with van der Waals surface area (Å²) in [5.74, 6) is 3.27. The van der Waals surface area contributed by atoms with Gasteiger partial charge in [-0.2, -0.15) is 0 Å². The molecule has 0 amide bonds. The van der Waals surface area contributed by atoms with Gasteiger partial charge < -0.3 is 23.7 Å². The average molecular weight is 817 g/mol. The molecule has 0 atom stereocenters. The van der Waals surface area contributed by atoms with Crippen molar-refractivity contribution in [2.45, 2.75) is 46.7 Å². The highest BCUT2D eigenvalue weighted by atomic mass is 35.5. The molecule has 0 aliphatic rings. The number of Topliss-reactive ketones (excluding diaryl/α,β-unsaturated/α-hetero) is 1. The fraction of sp³-hybridized carbons (Fsp3) is 0.157. The van der Waals surface area contributed by atoms with Crippen molar-refractivity contribution in [3.8, 4) is 28.7 Å². The van der Waals surface area contributed by atoms with Crippen LogP contribution in [0.1, 0.15) is 41.9 Å². The lowest BCUT2D eigenvalue weighted by atomic mass is 10.1. The summed E-state index contributed by atoms with van der Waals surface area (Å²) in [4.78, 5) is 20.5. The van der Waals surface area contributed by atoms with Gasteiger partial charge in [0.25, 0.3) is 0 Å². The molecule has 0 bridgehead atoms. The molecule has 0 unspecified atom stereocenters. The van der Waals surface area contributed by atoms with Crippen LogP contribution in [0.4, 0.5) is 0 Å². The fourth-order valence-corrected chi connectivity index (χ4v) is 6.52. The lowest BCUT2D eigenvalue weighted by Gasteiger charge is -2.14. The molecular weight excluding hydrogens is 772 g/mol. The number of ether oxygens (including phenoxy) is 5. The van der Waals surface area contributed by atoms with Crippen LogP contribution in [0.3, 0.4) is 0 Å². The van der Waals surface area contributed by atoms with Crippen molar-refractivity contribution in [3.63, 3.8) is 0 Å². The van der Waals surface area contributed by atoms with Gasteiger partial charge in [0.2, 0.25) is 0 Å². The molecule has 6 aromatic carbocycles. The van der Waals surface area contributed by atoms with Crippen LogP contribution in [0.15, 0.2) is 164 Å². The molecule has 0 saturated carbocycles. The first-order valence-corrected chi connectivity index (χ1v) is 20.1. The van der Waals surface area contributed by atoms with Crippen LogP contribution in [-0.4, -0.2) is 22.4 Å². The molecule has 0 aliphatic heterocycles. The largest absolute Gasteiger partial charge is 0.489 e. The average Bonchev–Trinajstić information content (AvgIpc) is 3.29. The third kappa shape index (κ3) is 11.8. The van der Waals surface area contributed by atoms with Crippen LogP contribution in [0, 0.1) is 0 Å². The molecule has 8 rings (SSSR count). The minimum atomic E-state index is -0.0810. The highest BCUT2D eigenvalue weighted by molar-refractivity contribution is 6.32. The van der Waals surface area contributed by atoms with Gasteiger partial charge in [-0.15, -0.1) is 0 Å². The number of nitrogens with zero attached hydrogens (tertiary/aromatic N) is 2. The van der Waals surface area contributed by atoms with E-state index in [0.717, 1.165) is 56.7 Å². The molecule has 0 radical (unpaired) electrons. The van der Waals surface area contributed by atoms with Gasteiger partial charge in [0.15, 0.2) is 5.78 Å². The van der Waals surface area contributed by atoms with Crippen molar-refractivity contribution in [2.24, 2.45) is 0 Å². The van der Waals surface area contributed by atoms with E-state index >= 15 is 0 Å². The summed E-state index contributed by atoms with van der Waals surface area (Å²) in [5, 5.41) is 2.67. The molecule has 302 valence electrons. The van der Waals surface area contributed by atoms with Gasteiger partial charge in [0.05, 0.1) is 27.4 Å². The van der Waals surface area contributed by atoms with Gasteiger partial charge in [0, 0.05) is 28.5 Å². The number of fused-ring (bicyclic) bond motifs is 2. The minimum absolute atomic E-state index is 0.0388. The molecule has 60 heavy (non-hydrogen) atoms. The molecule has 0 saturated heterocycles. The quantitative estimate of drug-likeness (QED) is 0.0952. The summed E-state index contributed by atoms with van der Waals surface area (Å²) in [6.45, 7) is 5.14. The number of para-hydroxylation sites is 3. The highest BCUT2D eigenvalue weighted by Gasteiger charge is 2.11. The van der Waals surface area contributed by atoms with Crippen molar-refractivity contribution in [1.29, 1.82) is 0 Å². The number of hydrogen-bond donors (Lipinski definition) is 0. The minimum Gasteiger partial charge on any atom is -0.489 e. The smallest absolute Gasteiger partial charge is 0.167 e. The van der Waals surface area contributed by atoms with Crippen LogP contribution in [0.5, 0.6) is 28.7 Å². The summed E-state index contributed by atoms with van der Waals surface area (Å²) in [5.41, 5.74) is 6.92. The van der Waals surface area contributed by atoms with Crippen molar-refractivity contribution in [1.82, 2.24) is 9.97 Å². The summed E-state index contributed by atoms with van der Waals surface area (Å²) < 4.78 is 29.3. The Kier molecular flexibility index (Phi) is 14.2. The van der Waals surface area contributed by atoms with Gasteiger partial charge in [-0.3, -0.25) is 4.79 Å². The van der Waals surface area contributed by atoms with Crippen molar-refractivity contribution >= 4 is 39.2 Å². The second kappa shape index (κ2) is 20.7. The highest BCUT2D eigenvalue weighted by Crippen LogP contribution is 2.31. The van der Waals surface area contributed by atoms with E-state index in [4.69, 9.17) is 35.3 Å². The summed E-state index contributed by atoms with van der Waals surface area (Å²) >= 11 is 6.24. The van der Waals surface area contributed by atoms with E-state index in [9.17, 15) is 4.79 Å². The van der Waals surface area contributed by atoms with Gasteiger partial charge in [-0.05, 0) is 79.1 Å². The van der Waals surface area contributed by atoms with Crippen LogP contribution < -0.4 is 23.7 Å². The monoisotopic (exact) mass is 816 g/mol. The first kappa shape index (κ1) is 41.3. The topological polar surface area (TPSA) is 89.0 Å². The SMILES string of the molecule is CC(=O)COc1c(Cl)cccc1COc1cccc(OCc2ccc3ccccc3n2)c1.CCc1cccc(COc2cccc(OCc3ccc4ccccc4n3)c2)c1. The zero-order valence-corrected chi connectivity index (χ0v) is 34.3. The number of ketones is 1. The maximum absolute atomic E-state index is 11.3. The van der Waals surface area contributed by atoms with Gasteiger partial charge in [0.1, 0.15) is 61.8 Å².